The Balaban J connectivity index is 0.00000242. The molecule has 0 bridgehead atoms. The van der Waals surface area contributed by atoms with Crippen LogP contribution in [0.3, 0.4) is 0 Å². The zero-order chi connectivity index (χ0) is 15.6. The van der Waals surface area contributed by atoms with Crippen molar-refractivity contribution < 1.29 is 9.53 Å². The molecule has 6 heteroatoms. The summed E-state index contributed by atoms with van der Waals surface area (Å²) in [7, 11) is 0. The Kier molecular flexibility index (Phi) is 6.71. The molecule has 2 atom stereocenters. The highest BCUT2D eigenvalue weighted by atomic mass is 79.9. The SMILES string of the molecule is Cc1ccc(OC(C)C(=O)N2CCC(C)(CN)C2)c(Br)c1.Cl. The fourth-order valence-corrected chi connectivity index (χ4v) is 3.16. The summed E-state index contributed by atoms with van der Waals surface area (Å²) in [5, 5.41) is 0. The van der Waals surface area contributed by atoms with Crippen molar-refractivity contribution in [1.82, 2.24) is 4.90 Å². The molecular weight excluding hydrogens is 368 g/mol. The summed E-state index contributed by atoms with van der Waals surface area (Å²) in [4.78, 5) is 14.3. The van der Waals surface area contributed by atoms with Crippen molar-refractivity contribution in [3.05, 3.63) is 28.2 Å². The molecule has 2 unspecified atom stereocenters. The summed E-state index contributed by atoms with van der Waals surface area (Å²) in [6, 6.07) is 5.84. The van der Waals surface area contributed by atoms with Gasteiger partial charge in [0.2, 0.25) is 0 Å². The molecule has 0 aromatic heterocycles. The number of carbonyl (C=O) groups excluding carboxylic acids is 1. The maximum absolute atomic E-state index is 12.5. The third kappa shape index (κ3) is 4.37. The van der Waals surface area contributed by atoms with Crippen molar-refractivity contribution >= 4 is 34.2 Å². The van der Waals surface area contributed by atoms with Crippen molar-refractivity contribution in [2.45, 2.75) is 33.3 Å². The van der Waals surface area contributed by atoms with Crippen molar-refractivity contribution in [2.24, 2.45) is 11.1 Å². The molecule has 1 fully saturated rings. The minimum Gasteiger partial charge on any atom is -0.480 e. The van der Waals surface area contributed by atoms with E-state index in [1.807, 2.05) is 30.0 Å². The van der Waals surface area contributed by atoms with Gasteiger partial charge in [-0.25, -0.2) is 0 Å². The molecule has 0 saturated carbocycles. The lowest BCUT2D eigenvalue weighted by Crippen LogP contribution is -2.41. The average molecular weight is 392 g/mol. The van der Waals surface area contributed by atoms with E-state index in [1.165, 1.54) is 0 Å². The van der Waals surface area contributed by atoms with Crippen molar-refractivity contribution in [1.29, 1.82) is 0 Å². The lowest BCUT2D eigenvalue weighted by molar-refractivity contribution is -0.137. The number of halogens is 2. The standard InChI is InChI=1S/C16H23BrN2O2.ClH/c1-11-4-5-14(13(17)8-11)21-12(2)15(20)19-7-6-16(3,9-18)10-19;/h4-5,8,12H,6-7,9-10,18H2,1-3H3;1H. The Morgan fingerprint density at radius 2 is 2.23 bits per heavy atom. The van der Waals surface area contributed by atoms with E-state index >= 15 is 0 Å². The minimum absolute atomic E-state index is 0. The van der Waals surface area contributed by atoms with Gasteiger partial charge in [0.05, 0.1) is 4.47 Å². The number of nitrogens with two attached hydrogens (primary N) is 1. The number of aryl methyl sites for hydroxylation is 1. The Morgan fingerprint density at radius 3 is 2.77 bits per heavy atom. The van der Waals surface area contributed by atoms with E-state index in [2.05, 4.69) is 22.9 Å². The van der Waals surface area contributed by atoms with Crippen LogP contribution in [-0.2, 0) is 4.79 Å². The quantitative estimate of drug-likeness (QED) is 0.858. The molecule has 2 rings (SSSR count). The number of amides is 1. The molecule has 1 aromatic rings. The first-order chi connectivity index (χ1) is 9.84. The third-order valence-electron chi connectivity index (χ3n) is 4.10. The average Bonchev–Trinajstić information content (AvgIpc) is 2.84. The fourth-order valence-electron chi connectivity index (χ4n) is 2.58. The summed E-state index contributed by atoms with van der Waals surface area (Å²) in [5.74, 6) is 0.724. The molecule has 4 nitrogen and oxygen atoms in total. The lowest BCUT2D eigenvalue weighted by Gasteiger charge is -2.25. The zero-order valence-electron chi connectivity index (χ0n) is 13.3. The van der Waals surface area contributed by atoms with E-state index in [0.29, 0.717) is 18.8 Å². The molecule has 0 aliphatic carbocycles. The van der Waals surface area contributed by atoms with Crippen LogP contribution >= 0.6 is 28.3 Å². The van der Waals surface area contributed by atoms with Crippen LogP contribution in [0.2, 0.25) is 0 Å². The number of hydrogen-bond acceptors (Lipinski definition) is 3. The lowest BCUT2D eigenvalue weighted by atomic mass is 9.90. The molecule has 1 aromatic carbocycles. The third-order valence-corrected chi connectivity index (χ3v) is 4.72. The molecule has 1 saturated heterocycles. The maximum Gasteiger partial charge on any atom is 0.263 e. The monoisotopic (exact) mass is 390 g/mol. The molecule has 0 radical (unpaired) electrons. The Bertz CT molecular complexity index is 541. The summed E-state index contributed by atoms with van der Waals surface area (Å²) in [6.07, 6.45) is 0.458. The smallest absolute Gasteiger partial charge is 0.263 e. The van der Waals surface area contributed by atoms with Gasteiger partial charge >= 0.3 is 0 Å². The second-order valence-electron chi connectivity index (χ2n) is 6.22. The number of rotatable bonds is 4. The number of carbonyl (C=O) groups is 1. The highest BCUT2D eigenvalue weighted by Gasteiger charge is 2.36. The van der Waals surface area contributed by atoms with Gasteiger partial charge in [0.25, 0.3) is 5.91 Å². The first-order valence-corrected chi connectivity index (χ1v) is 8.05. The van der Waals surface area contributed by atoms with E-state index in [4.69, 9.17) is 10.5 Å². The maximum atomic E-state index is 12.5. The van der Waals surface area contributed by atoms with Gasteiger partial charge in [0.1, 0.15) is 5.75 Å². The van der Waals surface area contributed by atoms with Crippen molar-refractivity contribution in [3.63, 3.8) is 0 Å². The van der Waals surface area contributed by atoms with Crippen LogP contribution in [0.4, 0.5) is 0 Å². The Morgan fingerprint density at radius 1 is 1.55 bits per heavy atom. The van der Waals surface area contributed by atoms with Crippen LogP contribution in [0.25, 0.3) is 0 Å². The molecular formula is C16H24BrClN2O2. The molecule has 1 aliphatic heterocycles. The van der Waals surface area contributed by atoms with Gasteiger partial charge in [0.15, 0.2) is 6.10 Å². The zero-order valence-corrected chi connectivity index (χ0v) is 15.7. The van der Waals surface area contributed by atoms with E-state index in [-0.39, 0.29) is 23.7 Å². The molecule has 22 heavy (non-hydrogen) atoms. The van der Waals surface area contributed by atoms with Crippen LogP contribution in [0.5, 0.6) is 5.75 Å². The molecule has 0 spiro atoms. The highest BCUT2D eigenvalue weighted by Crippen LogP contribution is 2.30. The van der Waals surface area contributed by atoms with E-state index in [9.17, 15) is 4.79 Å². The number of likely N-dealkylation sites (tertiary alicyclic amines) is 1. The van der Waals surface area contributed by atoms with Crippen LogP contribution < -0.4 is 10.5 Å². The van der Waals surface area contributed by atoms with Gasteiger partial charge < -0.3 is 15.4 Å². The normalized spacial score (nSPS) is 22.1. The predicted octanol–water partition coefficient (Wildman–Crippen LogP) is 3.14. The van der Waals surface area contributed by atoms with E-state index in [0.717, 1.165) is 23.0 Å². The van der Waals surface area contributed by atoms with E-state index in [1.54, 1.807) is 6.92 Å². The minimum atomic E-state index is -0.496. The molecule has 1 heterocycles. The topological polar surface area (TPSA) is 55.6 Å². The number of ether oxygens (including phenoxy) is 1. The predicted molar refractivity (Wildman–Crippen MR) is 94.6 cm³/mol. The first-order valence-electron chi connectivity index (χ1n) is 7.26. The van der Waals surface area contributed by atoms with Crippen molar-refractivity contribution in [2.75, 3.05) is 19.6 Å². The van der Waals surface area contributed by atoms with Gasteiger partial charge in [-0.05, 0) is 65.9 Å². The van der Waals surface area contributed by atoms with Gasteiger partial charge in [-0.3, -0.25) is 4.79 Å². The van der Waals surface area contributed by atoms with Crippen LogP contribution in [0, 0.1) is 12.3 Å². The van der Waals surface area contributed by atoms with E-state index < -0.39 is 6.10 Å². The Hall–Kier alpha value is -0.780. The van der Waals surface area contributed by atoms with Gasteiger partial charge in [-0.15, -0.1) is 12.4 Å². The summed E-state index contributed by atoms with van der Waals surface area (Å²) < 4.78 is 6.68. The van der Waals surface area contributed by atoms with Crippen LogP contribution in [0.15, 0.2) is 22.7 Å². The number of benzene rings is 1. The summed E-state index contributed by atoms with van der Waals surface area (Å²) >= 11 is 3.47. The van der Waals surface area contributed by atoms with Crippen LogP contribution in [0.1, 0.15) is 25.8 Å². The second-order valence-corrected chi connectivity index (χ2v) is 7.07. The highest BCUT2D eigenvalue weighted by molar-refractivity contribution is 9.10. The van der Waals surface area contributed by atoms with Crippen molar-refractivity contribution in [3.8, 4) is 5.75 Å². The first kappa shape index (κ1) is 19.3. The fraction of sp³-hybridized carbons (Fsp3) is 0.562. The Labute approximate surface area is 146 Å². The van der Waals surface area contributed by atoms with Gasteiger partial charge in [-0.1, -0.05) is 13.0 Å². The van der Waals surface area contributed by atoms with Gasteiger partial charge in [-0.2, -0.15) is 0 Å². The summed E-state index contributed by atoms with van der Waals surface area (Å²) in [6.45, 7) is 8.02. The van der Waals surface area contributed by atoms with Crippen LogP contribution in [-0.4, -0.2) is 36.5 Å². The summed E-state index contributed by atoms with van der Waals surface area (Å²) in [5.41, 5.74) is 6.98. The second kappa shape index (κ2) is 7.66. The molecule has 124 valence electrons. The number of hydrogen-bond donors (Lipinski definition) is 1. The number of nitrogens with zero attached hydrogens (tertiary/aromatic N) is 1. The van der Waals surface area contributed by atoms with Gasteiger partial charge in [0, 0.05) is 13.1 Å². The largest absolute Gasteiger partial charge is 0.480 e. The molecule has 2 N–H and O–H groups in total. The molecule has 1 aliphatic rings. The molecule has 1 amide bonds.